The van der Waals surface area contributed by atoms with Crippen LogP contribution >= 0.6 is 11.6 Å². The van der Waals surface area contributed by atoms with Gasteiger partial charge in [-0.1, -0.05) is 24.6 Å². The Balaban J connectivity index is 2.17. The molecule has 2 aromatic rings. The molecule has 0 aliphatic carbocycles. The molecular formula is C15H19ClFN3. The number of nitrogens with one attached hydrogen (secondary N) is 1. The van der Waals surface area contributed by atoms with E-state index in [-0.39, 0.29) is 11.9 Å². The molecule has 2 rings (SSSR count). The third-order valence-corrected chi connectivity index (χ3v) is 3.74. The summed E-state index contributed by atoms with van der Waals surface area (Å²) >= 11 is 6.15. The molecule has 0 spiro atoms. The quantitative estimate of drug-likeness (QED) is 0.884. The summed E-state index contributed by atoms with van der Waals surface area (Å²) in [6, 6.07) is 6.70. The maximum atomic E-state index is 14.0. The molecule has 0 aliphatic rings. The number of hydrogen-bond donors (Lipinski definition) is 1. The van der Waals surface area contributed by atoms with Crippen LogP contribution in [-0.4, -0.2) is 16.3 Å². The fraction of sp³-hybridized carbons (Fsp3) is 0.400. The van der Waals surface area contributed by atoms with Crippen molar-refractivity contribution in [3.05, 3.63) is 52.6 Å². The first-order valence-corrected chi connectivity index (χ1v) is 7.15. The Bertz CT molecular complexity index is 548. The lowest BCUT2D eigenvalue weighted by molar-refractivity contribution is 0.479. The van der Waals surface area contributed by atoms with Crippen LogP contribution in [0, 0.1) is 5.82 Å². The van der Waals surface area contributed by atoms with Gasteiger partial charge in [0.05, 0.1) is 0 Å². The second kappa shape index (κ2) is 6.86. The van der Waals surface area contributed by atoms with E-state index in [1.165, 1.54) is 6.07 Å². The summed E-state index contributed by atoms with van der Waals surface area (Å²) in [5.41, 5.74) is 1.68. The average Bonchev–Trinajstić information content (AvgIpc) is 2.81. The fourth-order valence-corrected chi connectivity index (χ4v) is 2.67. The van der Waals surface area contributed by atoms with Crippen molar-refractivity contribution in [3.8, 4) is 0 Å². The lowest BCUT2D eigenvalue weighted by Gasteiger charge is -2.20. The van der Waals surface area contributed by atoms with Gasteiger partial charge in [0.2, 0.25) is 0 Å². The van der Waals surface area contributed by atoms with E-state index in [9.17, 15) is 4.39 Å². The highest BCUT2D eigenvalue weighted by atomic mass is 35.5. The topological polar surface area (TPSA) is 29.9 Å². The summed E-state index contributed by atoms with van der Waals surface area (Å²) in [7, 11) is 1.91. The molecule has 0 fully saturated rings. The van der Waals surface area contributed by atoms with E-state index in [1.807, 2.05) is 24.7 Å². The summed E-state index contributed by atoms with van der Waals surface area (Å²) in [5.74, 6) is -0.256. The summed E-state index contributed by atoms with van der Waals surface area (Å²) in [5, 5.41) is 7.93. The molecular weight excluding hydrogens is 277 g/mol. The van der Waals surface area contributed by atoms with E-state index in [4.69, 9.17) is 11.6 Å². The Labute approximate surface area is 123 Å². The van der Waals surface area contributed by atoms with Crippen molar-refractivity contribution >= 4 is 11.6 Å². The maximum absolute atomic E-state index is 14.0. The van der Waals surface area contributed by atoms with Crippen molar-refractivity contribution < 1.29 is 4.39 Å². The molecule has 1 aromatic carbocycles. The van der Waals surface area contributed by atoms with E-state index < -0.39 is 0 Å². The van der Waals surface area contributed by atoms with Crippen molar-refractivity contribution in [1.29, 1.82) is 0 Å². The van der Waals surface area contributed by atoms with Crippen LogP contribution in [0.4, 0.5) is 4.39 Å². The van der Waals surface area contributed by atoms with Crippen LogP contribution in [0.5, 0.6) is 0 Å². The lowest BCUT2D eigenvalue weighted by Crippen LogP contribution is -2.23. The fourth-order valence-electron chi connectivity index (χ4n) is 2.38. The smallest absolute Gasteiger partial charge is 0.129 e. The molecule has 20 heavy (non-hydrogen) atoms. The average molecular weight is 296 g/mol. The molecule has 108 valence electrons. The molecule has 3 nitrogen and oxygen atoms in total. The number of nitrogens with zero attached hydrogens (tertiary/aromatic N) is 2. The third-order valence-electron chi connectivity index (χ3n) is 3.41. The standard InChI is InChI=1S/C15H19ClFN3/c1-3-18-14(8-7-11-9-10-19-20(11)2)15-12(16)5-4-6-13(15)17/h4-6,9-10,14,18H,3,7-8H2,1-2H3. The van der Waals surface area contributed by atoms with Gasteiger partial charge in [0.25, 0.3) is 0 Å². The molecule has 0 aliphatic heterocycles. The number of hydrogen-bond acceptors (Lipinski definition) is 2. The van der Waals surface area contributed by atoms with Gasteiger partial charge < -0.3 is 5.32 Å². The summed E-state index contributed by atoms with van der Waals surface area (Å²) < 4.78 is 15.9. The number of aromatic nitrogens is 2. The Morgan fingerprint density at radius 3 is 2.80 bits per heavy atom. The Morgan fingerprint density at radius 2 is 2.20 bits per heavy atom. The van der Waals surface area contributed by atoms with Crippen molar-refractivity contribution in [3.63, 3.8) is 0 Å². The minimum Gasteiger partial charge on any atom is -0.310 e. The second-order valence-corrected chi connectivity index (χ2v) is 5.14. The Kier molecular flexibility index (Phi) is 5.15. The highest BCUT2D eigenvalue weighted by Crippen LogP contribution is 2.28. The first kappa shape index (κ1) is 15.0. The molecule has 0 saturated heterocycles. The van der Waals surface area contributed by atoms with Gasteiger partial charge in [-0.05, 0) is 37.6 Å². The largest absolute Gasteiger partial charge is 0.310 e. The van der Waals surface area contributed by atoms with E-state index in [0.29, 0.717) is 10.6 Å². The van der Waals surface area contributed by atoms with Crippen LogP contribution in [0.1, 0.15) is 30.6 Å². The van der Waals surface area contributed by atoms with Crippen LogP contribution < -0.4 is 5.32 Å². The number of benzene rings is 1. The van der Waals surface area contributed by atoms with Crippen molar-refractivity contribution in [2.75, 3.05) is 6.54 Å². The zero-order valence-corrected chi connectivity index (χ0v) is 12.5. The maximum Gasteiger partial charge on any atom is 0.129 e. The summed E-state index contributed by atoms with van der Waals surface area (Å²) in [6.45, 7) is 2.77. The first-order valence-electron chi connectivity index (χ1n) is 6.77. The van der Waals surface area contributed by atoms with Gasteiger partial charge >= 0.3 is 0 Å². The molecule has 1 N–H and O–H groups in total. The Morgan fingerprint density at radius 1 is 1.40 bits per heavy atom. The van der Waals surface area contributed by atoms with Crippen molar-refractivity contribution in [1.82, 2.24) is 15.1 Å². The SMILES string of the molecule is CCNC(CCc1ccnn1C)c1c(F)cccc1Cl. The molecule has 1 heterocycles. The molecule has 0 radical (unpaired) electrons. The van der Waals surface area contributed by atoms with Crippen LogP contribution in [0.3, 0.4) is 0 Å². The van der Waals surface area contributed by atoms with Gasteiger partial charge in [-0.2, -0.15) is 5.10 Å². The predicted octanol–water partition coefficient (Wildman–Crippen LogP) is 3.50. The third kappa shape index (κ3) is 3.38. The van der Waals surface area contributed by atoms with Gasteiger partial charge in [-0.25, -0.2) is 4.39 Å². The van der Waals surface area contributed by atoms with Crippen LogP contribution in [0.15, 0.2) is 30.5 Å². The minimum atomic E-state index is -0.256. The van der Waals surface area contributed by atoms with E-state index in [0.717, 1.165) is 25.1 Å². The van der Waals surface area contributed by atoms with Crippen LogP contribution in [0.2, 0.25) is 5.02 Å². The normalized spacial score (nSPS) is 12.6. The minimum absolute atomic E-state index is 0.0939. The highest BCUT2D eigenvalue weighted by molar-refractivity contribution is 6.31. The number of halogens is 2. The molecule has 1 unspecified atom stereocenters. The molecule has 5 heteroatoms. The molecule has 0 saturated carbocycles. The number of aryl methyl sites for hydroxylation is 2. The lowest BCUT2D eigenvalue weighted by atomic mass is 10.00. The van der Waals surface area contributed by atoms with Gasteiger partial charge in [0, 0.05) is 35.6 Å². The van der Waals surface area contributed by atoms with Gasteiger partial charge in [-0.3, -0.25) is 4.68 Å². The zero-order valence-electron chi connectivity index (χ0n) is 11.7. The first-order chi connectivity index (χ1) is 9.63. The second-order valence-electron chi connectivity index (χ2n) is 4.73. The molecule has 1 atom stereocenters. The van der Waals surface area contributed by atoms with Crippen molar-refractivity contribution in [2.45, 2.75) is 25.8 Å². The van der Waals surface area contributed by atoms with E-state index >= 15 is 0 Å². The molecule has 0 amide bonds. The zero-order chi connectivity index (χ0) is 14.5. The van der Waals surface area contributed by atoms with Crippen LogP contribution in [-0.2, 0) is 13.5 Å². The highest BCUT2D eigenvalue weighted by Gasteiger charge is 2.18. The van der Waals surface area contributed by atoms with E-state index in [2.05, 4.69) is 10.4 Å². The van der Waals surface area contributed by atoms with Crippen molar-refractivity contribution in [2.24, 2.45) is 7.05 Å². The van der Waals surface area contributed by atoms with E-state index in [1.54, 1.807) is 18.3 Å². The Hall–Kier alpha value is -1.39. The predicted molar refractivity (Wildman–Crippen MR) is 79.4 cm³/mol. The van der Waals surface area contributed by atoms with Crippen LogP contribution in [0.25, 0.3) is 0 Å². The van der Waals surface area contributed by atoms with Gasteiger partial charge in [0.1, 0.15) is 5.82 Å². The summed E-state index contributed by atoms with van der Waals surface area (Å²) in [6.07, 6.45) is 3.36. The van der Waals surface area contributed by atoms with Gasteiger partial charge in [0.15, 0.2) is 0 Å². The molecule has 1 aromatic heterocycles. The molecule has 0 bridgehead atoms. The number of rotatable bonds is 6. The monoisotopic (exact) mass is 295 g/mol. The summed E-state index contributed by atoms with van der Waals surface area (Å²) in [4.78, 5) is 0. The van der Waals surface area contributed by atoms with Gasteiger partial charge in [-0.15, -0.1) is 0 Å².